The van der Waals surface area contributed by atoms with E-state index in [-0.39, 0.29) is 0 Å². The van der Waals surface area contributed by atoms with E-state index in [9.17, 15) is 0 Å². The summed E-state index contributed by atoms with van der Waals surface area (Å²) in [5.41, 5.74) is 7.70. The molecule has 0 radical (unpaired) electrons. The number of hydrogen-bond donors (Lipinski definition) is 1. The van der Waals surface area contributed by atoms with Gasteiger partial charge in [-0.3, -0.25) is 0 Å². The first-order valence-electron chi connectivity index (χ1n) is 8.67. The molecule has 1 spiro atoms. The zero-order valence-electron chi connectivity index (χ0n) is 13.8. The van der Waals surface area contributed by atoms with Crippen LogP contribution in [0.5, 0.6) is 5.75 Å². The Labute approximate surface area is 137 Å². The molecular weight excluding hydrogens is 292 g/mol. The van der Waals surface area contributed by atoms with Crippen molar-refractivity contribution < 1.29 is 14.2 Å². The van der Waals surface area contributed by atoms with Gasteiger partial charge >= 0.3 is 5.91 Å². The summed E-state index contributed by atoms with van der Waals surface area (Å²) in [5, 5.41) is 0. The maximum absolute atomic E-state index is 6.03. The minimum Gasteiger partial charge on any atom is -0.493 e. The minimum absolute atomic E-state index is 0.451. The zero-order valence-corrected chi connectivity index (χ0v) is 13.8. The summed E-state index contributed by atoms with van der Waals surface area (Å²) >= 11 is 0. The van der Waals surface area contributed by atoms with Crippen molar-refractivity contribution in [1.82, 2.24) is 0 Å². The highest BCUT2D eigenvalue weighted by Gasteiger charge is 2.47. The second-order valence-electron chi connectivity index (χ2n) is 6.07. The van der Waals surface area contributed by atoms with Gasteiger partial charge in [0, 0.05) is 5.56 Å². The van der Waals surface area contributed by atoms with Gasteiger partial charge in [-0.1, -0.05) is 51.2 Å². The van der Waals surface area contributed by atoms with E-state index in [0.717, 1.165) is 23.3 Å². The van der Waals surface area contributed by atoms with E-state index < -0.39 is 5.91 Å². The maximum atomic E-state index is 6.03. The molecule has 3 rings (SSSR count). The molecule has 0 amide bonds. The van der Waals surface area contributed by atoms with Crippen molar-refractivity contribution in [3.05, 3.63) is 29.3 Å². The molecule has 2 aliphatic heterocycles. The molecule has 2 aliphatic rings. The highest BCUT2D eigenvalue weighted by molar-refractivity contribution is 6.02. The van der Waals surface area contributed by atoms with Gasteiger partial charge in [-0.15, -0.1) is 0 Å². The van der Waals surface area contributed by atoms with Gasteiger partial charge in [-0.2, -0.15) is 0 Å². The predicted molar refractivity (Wildman–Crippen MR) is 89.6 cm³/mol. The van der Waals surface area contributed by atoms with Crippen LogP contribution in [0, 0.1) is 0 Å². The molecular formula is C18H26N2O3. The molecule has 5 heteroatoms. The number of nitrogens with two attached hydrogens (primary N) is 1. The molecule has 126 valence electrons. The van der Waals surface area contributed by atoms with Crippen molar-refractivity contribution in [3.63, 3.8) is 0 Å². The van der Waals surface area contributed by atoms with Crippen molar-refractivity contribution in [1.29, 1.82) is 0 Å². The highest BCUT2D eigenvalue weighted by atomic mass is 16.8. The van der Waals surface area contributed by atoms with Gasteiger partial charge in [0.05, 0.1) is 25.4 Å². The van der Waals surface area contributed by atoms with Gasteiger partial charge < -0.3 is 19.9 Å². The predicted octanol–water partition coefficient (Wildman–Crippen LogP) is 3.30. The van der Waals surface area contributed by atoms with E-state index in [0.29, 0.717) is 25.7 Å². The normalized spacial score (nSPS) is 18.2. The third kappa shape index (κ3) is 3.35. The lowest BCUT2D eigenvalue weighted by Crippen LogP contribution is -2.23. The quantitative estimate of drug-likeness (QED) is 0.747. The fraction of sp³-hybridized carbons (Fsp3) is 0.611. The van der Waals surface area contributed by atoms with Crippen LogP contribution in [0.4, 0.5) is 0 Å². The number of ether oxygens (including phenoxy) is 3. The van der Waals surface area contributed by atoms with Gasteiger partial charge in [0.25, 0.3) is 0 Å². The molecule has 5 nitrogen and oxygen atoms in total. The summed E-state index contributed by atoms with van der Waals surface area (Å²) in [6.07, 6.45) is 7.43. The molecule has 1 saturated heterocycles. The van der Waals surface area contributed by atoms with Gasteiger partial charge in [0.2, 0.25) is 0 Å². The topological polar surface area (TPSA) is 66.1 Å². The monoisotopic (exact) mass is 318 g/mol. The molecule has 0 unspecified atom stereocenters. The molecule has 0 aliphatic carbocycles. The maximum Gasteiger partial charge on any atom is 0.304 e. The van der Waals surface area contributed by atoms with Crippen molar-refractivity contribution in [3.8, 4) is 5.75 Å². The highest BCUT2D eigenvalue weighted by Crippen LogP contribution is 2.44. The van der Waals surface area contributed by atoms with Crippen LogP contribution in [0.25, 0.3) is 0 Å². The summed E-state index contributed by atoms with van der Waals surface area (Å²) < 4.78 is 17.5. The largest absolute Gasteiger partial charge is 0.493 e. The average Bonchev–Trinajstić information content (AvgIpc) is 3.13. The Hall–Kier alpha value is -1.59. The molecule has 0 saturated carbocycles. The lowest BCUT2D eigenvalue weighted by molar-refractivity contribution is -0.156. The van der Waals surface area contributed by atoms with E-state index >= 15 is 0 Å². The van der Waals surface area contributed by atoms with Gasteiger partial charge in [-0.05, 0) is 12.5 Å². The van der Waals surface area contributed by atoms with Crippen LogP contribution in [-0.4, -0.2) is 25.7 Å². The smallest absolute Gasteiger partial charge is 0.304 e. The number of rotatable bonds is 8. The van der Waals surface area contributed by atoms with Gasteiger partial charge in [-0.25, -0.2) is 4.99 Å². The molecule has 23 heavy (non-hydrogen) atoms. The molecule has 1 fully saturated rings. The van der Waals surface area contributed by atoms with Gasteiger partial charge in [0.15, 0.2) is 0 Å². The Bertz CT molecular complexity index is 565. The SMILES string of the molecule is CCCCCCCCOc1cccc2c1C1(N=C2N)OCCO1. The standard InChI is InChI=1S/C18H26N2O3/c1-2-3-4-5-6-7-11-21-15-10-8-9-14-16(15)18(20-17(14)19)22-12-13-23-18/h8-10H,2-7,11-13H2,1H3,(H2,19,20). The zero-order chi connectivity index (χ0) is 16.1. The van der Waals surface area contributed by atoms with E-state index in [1.54, 1.807) is 0 Å². The van der Waals surface area contributed by atoms with Crippen molar-refractivity contribution in [2.45, 2.75) is 51.4 Å². The molecule has 1 aromatic rings. The minimum atomic E-state index is -1.09. The van der Waals surface area contributed by atoms with Crippen molar-refractivity contribution in [2.75, 3.05) is 19.8 Å². The second-order valence-corrected chi connectivity index (χ2v) is 6.07. The molecule has 2 N–H and O–H groups in total. The lowest BCUT2D eigenvalue weighted by Gasteiger charge is -2.22. The summed E-state index contributed by atoms with van der Waals surface area (Å²) in [5.74, 6) is 0.131. The summed E-state index contributed by atoms with van der Waals surface area (Å²) in [4.78, 5) is 4.40. The van der Waals surface area contributed by atoms with Crippen LogP contribution < -0.4 is 10.5 Å². The van der Waals surface area contributed by atoms with Crippen LogP contribution >= 0.6 is 0 Å². The summed E-state index contributed by atoms with van der Waals surface area (Å²) in [6.45, 7) is 3.96. The first-order valence-corrected chi connectivity index (χ1v) is 8.67. The Kier molecular flexibility index (Phi) is 5.18. The number of aliphatic imine (C=N–C) groups is 1. The molecule has 0 aromatic heterocycles. The number of nitrogens with zero attached hydrogens (tertiary/aromatic N) is 1. The fourth-order valence-corrected chi connectivity index (χ4v) is 3.14. The third-order valence-corrected chi connectivity index (χ3v) is 4.32. The number of unbranched alkanes of at least 4 members (excludes halogenated alkanes) is 5. The van der Waals surface area contributed by atoms with Crippen molar-refractivity contribution in [2.24, 2.45) is 10.7 Å². The summed E-state index contributed by atoms with van der Waals surface area (Å²) in [6, 6.07) is 5.81. The van der Waals surface area contributed by atoms with E-state index in [2.05, 4.69) is 11.9 Å². The van der Waals surface area contributed by atoms with Gasteiger partial charge in [0.1, 0.15) is 11.6 Å². The first kappa shape index (κ1) is 16.3. The van der Waals surface area contributed by atoms with E-state index in [1.165, 1.54) is 32.1 Å². The Morgan fingerprint density at radius 3 is 2.65 bits per heavy atom. The van der Waals surface area contributed by atoms with Crippen LogP contribution in [-0.2, 0) is 15.4 Å². The van der Waals surface area contributed by atoms with E-state index in [1.807, 2.05) is 18.2 Å². The number of fused-ring (bicyclic) bond motifs is 2. The van der Waals surface area contributed by atoms with Crippen LogP contribution in [0.2, 0.25) is 0 Å². The van der Waals surface area contributed by atoms with Crippen LogP contribution in [0.15, 0.2) is 23.2 Å². The van der Waals surface area contributed by atoms with Crippen molar-refractivity contribution >= 4 is 5.84 Å². The fourth-order valence-electron chi connectivity index (χ4n) is 3.14. The van der Waals surface area contributed by atoms with Crippen LogP contribution in [0.1, 0.15) is 56.6 Å². The number of hydrogen-bond acceptors (Lipinski definition) is 5. The lowest BCUT2D eigenvalue weighted by atomic mass is 10.1. The Balaban J connectivity index is 1.62. The third-order valence-electron chi connectivity index (χ3n) is 4.32. The van der Waals surface area contributed by atoms with E-state index in [4.69, 9.17) is 19.9 Å². The molecule has 0 bridgehead atoms. The average molecular weight is 318 g/mol. The second kappa shape index (κ2) is 7.32. The molecule has 0 atom stereocenters. The molecule has 1 aromatic carbocycles. The van der Waals surface area contributed by atoms with Crippen LogP contribution in [0.3, 0.4) is 0 Å². The Morgan fingerprint density at radius 1 is 1.13 bits per heavy atom. The number of benzene rings is 1. The summed E-state index contributed by atoms with van der Waals surface area (Å²) in [7, 11) is 0. The Morgan fingerprint density at radius 2 is 1.87 bits per heavy atom. The number of amidine groups is 1. The molecule has 2 heterocycles. The first-order chi connectivity index (χ1) is 11.3.